The molecule has 0 aliphatic rings. The van der Waals surface area contributed by atoms with Crippen molar-refractivity contribution in [1.82, 2.24) is 14.8 Å². The molecule has 1 N–H and O–H groups in total. The van der Waals surface area contributed by atoms with Crippen LogP contribution in [0.5, 0.6) is 5.75 Å². The Morgan fingerprint density at radius 3 is 2.31 bits per heavy atom. The van der Waals surface area contributed by atoms with Gasteiger partial charge in [0.15, 0.2) is 5.75 Å². The number of hydrogen-bond donors (Lipinski definition) is 1. The summed E-state index contributed by atoms with van der Waals surface area (Å²) in [7, 11) is 1.48. The van der Waals surface area contributed by atoms with Gasteiger partial charge in [-0.05, 0) is 18.2 Å². The minimum absolute atomic E-state index is 0.177. The van der Waals surface area contributed by atoms with E-state index in [9.17, 15) is 4.79 Å². The summed E-state index contributed by atoms with van der Waals surface area (Å²) in [4.78, 5) is 15.3. The van der Waals surface area contributed by atoms with E-state index in [1.807, 2.05) is 71.4 Å². The highest BCUT2D eigenvalue weighted by Gasteiger charge is 2.14. The maximum atomic E-state index is 12.2. The summed E-state index contributed by atoms with van der Waals surface area (Å²) in [5.41, 5.74) is 4.06. The molecule has 0 spiro atoms. The monoisotopic (exact) mass is 343 g/mol. The number of ether oxygens (including phenoxy) is 1. The Morgan fingerprint density at radius 1 is 0.962 bits per heavy atom. The number of benzene rings is 2. The molecule has 0 saturated carbocycles. The molecule has 4 aromatic rings. The van der Waals surface area contributed by atoms with Crippen LogP contribution in [0.25, 0.3) is 28.3 Å². The highest BCUT2D eigenvalue weighted by molar-refractivity contribution is 5.68. The van der Waals surface area contributed by atoms with Gasteiger partial charge in [-0.2, -0.15) is 5.10 Å². The van der Waals surface area contributed by atoms with E-state index in [1.54, 1.807) is 6.20 Å². The van der Waals surface area contributed by atoms with Gasteiger partial charge in [0.25, 0.3) is 0 Å². The molecule has 0 fully saturated rings. The molecule has 2 heterocycles. The fraction of sp³-hybridized carbons (Fsp3) is 0.0476. The number of rotatable bonds is 4. The van der Waals surface area contributed by atoms with Crippen molar-refractivity contribution in [1.29, 1.82) is 0 Å². The van der Waals surface area contributed by atoms with Crippen molar-refractivity contribution >= 4 is 0 Å². The van der Waals surface area contributed by atoms with Crippen LogP contribution in [0.15, 0.2) is 83.8 Å². The molecule has 0 amide bonds. The lowest BCUT2D eigenvalue weighted by molar-refractivity contribution is 0.409. The van der Waals surface area contributed by atoms with Crippen molar-refractivity contribution in [2.75, 3.05) is 7.11 Å². The number of aromatic amines is 1. The van der Waals surface area contributed by atoms with Gasteiger partial charge < -0.3 is 9.72 Å². The Bertz CT molecular complexity index is 1080. The van der Waals surface area contributed by atoms with Crippen LogP contribution in [0, 0.1) is 0 Å². The van der Waals surface area contributed by atoms with Crippen LogP contribution in [0.4, 0.5) is 0 Å². The summed E-state index contributed by atoms with van der Waals surface area (Å²) >= 11 is 0. The van der Waals surface area contributed by atoms with E-state index < -0.39 is 0 Å². The molecular formula is C21H17N3O2. The highest BCUT2D eigenvalue weighted by Crippen LogP contribution is 2.27. The normalized spacial score (nSPS) is 10.7. The zero-order valence-corrected chi connectivity index (χ0v) is 14.2. The van der Waals surface area contributed by atoms with Gasteiger partial charge >= 0.3 is 0 Å². The lowest BCUT2D eigenvalue weighted by Crippen LogP contribution is -2.07. The van der Waals surface area contributed by atoms with E-state index >= 15 is 0 Å². The van der Waals surface area contributed by atoms with Gasteiger partial charge in [-0.25, -0.2) is 4.68 Å². The number of hydrogen-bond acceptors (Lipinski definition) is 3. The molecule has 0 aliphatic heterocycles. The summed E-state index contributed by atoms with van der Waals surface area (Å²) in [6.07, 6.45) is 1.57. The third-order valence-electron chi connectivity index (χ3n) is 4.15. The summed E-state index contributed by atoms with van der Waals surface area (Å²) in [6.45, 7) is 0. The minimum Gasteiger partial charge on any atom is -0.491 e. The van der Waals surface area contributed by atoms with E-state index in [-0.39, 0.29) is 11.2 Å². The van der Waals surface area contributed by atoms with E-state index in [0.717, 1.165) is 22.6 Å². The average molecular weight is 343 g/mol. The second-order valence-corrected chi connectivity index (χ2v) is 5.81. The molecule has 4 rings (SSSR count). The van der Waals surface area contributed by atoms with Gasteiger partial charge in [0.1, 0.15) is 0 Å². The standard InChI is InChI=1S/C21H17N3O2/c1-26-21-14-22-18(13-20(21)25)19-12-17(15-8-4-2-5-9-15)23-24(19)16-10-6-3-7-11-16/h2-14H,1H3,(H,22,25). The van der Waals surface area contributed by atoms with Gasteiger partial charge in [0.2, 0.25) is 5.43 Å². The largest absolute Gasteiger partial charge is 0.491 e. The number of pyridine rings is 1. The fourth-order valence-corrected chi connectivity index (χ4v) is 2.85. The molecule has 2 aromatic carbocycles. The third kappa shape index (κ3) is 2.91. The Morgan fingerprint density at radius 2 is 1.65 bits per heavy atom. The molecule has 0 radical (unpaired) electrons. The number of H-pyrrole nitrogens is 1. The molecule has 0 atom stereocenters. The predicted octanol–water partition coefficient (Wildman–Crippen LogP) is 3.90. The molecule has 0 aliphatic carbocycles. The van der Waals surface area contributed by atoms with Crippen LogP contribution >= 0.6 is 0 Å². The smallest absolute Gasteiger partial charge is 0.224 e. The molecule has 2 aromatic heterocycles. The summed E-state index contributed by atoms with van der Waals surface area (Å²) in [5, 5.41) is 4.76. The highest BCUT2D eigenvalue weighted by atomic mass is 16.5. The van der Waals surface area contributed by atoms with Crippen LogP contribution < -0.4 is 10.2 Å². The van der Waals surface area contributed by atoms with Gasteiger partial charge in [-0.3, -0.25) is 4.79 Å². The minimum atomic E-state index is -0.177. The molecule has 128 valence electrons. The van der Waals surface area contributed by atoms with E-state index in [4.69, 9.17) is 9.84 Å². The van der Waals surface area contributed by atoms with Crippen molar-refractivity contribution < 1.29 is 4.74 Å². The first-order chi connectivity index (χ1) is 12.8. The second kappa shape index (κ2) is 6.72. The number of nitrogens with zero attached hydrogens (tertiary/aromatic N) is 2. The first-order valence-electron chi connectivity index (χ1n) is 8.24. The van der Waals surface area contributed by atoms with Crippen molar-refractivity contribution in [3.8, 4) is 34.1 Å². The number of methoxy groups -OCH3 is 1. The zero-order chi connectivity index (χ0) is 17.9. The number of para-hydroxylation sites is 1. The van der Waals surface area contributed by atoms with Crippen LogP contribution in [-0.2, 0) is 0 Å². The Hall–Kier alpha value is -3.60. The van der Waals surface area contributed by atoms with Gasteiger partial charge in [0.05, 0.1) is 29.9 Å². The van der Waals surface area contributed by atoms with Crippen LogP contribution in [-0.4, -0.2) is 21.9 Å². The lowest BCUT2D eigenvalue weighted by Gasteiger charge is -2.08. The topological polar surface area (TPSA) is 59.9 Å². The molecule has 5 heteroatoms. The van der Waals surface area contributed by atoms with Crippen LogP contribution in [0.1, 0.15) is 0 Å². The second-order valence-electron chi connectivity index (χ2n) is 5.81. The first kappa shape index (κ1) is 15.9. The van der Waals surface area contributed by atoms with Crippen molar-refractivity contribution in [3.05, 3.63) is 89.2 Å². The Labute approximate surface area is 150 Å². The summed E-state index contributed by atoms with van der Waals surface area (Å²) in [6, 6.07) is 23.3. The third-order valence-corrected chi connectivity index (χ3v) is 4.15. The predicted molar refractivity (Wildman–Crippen MR) is 102 cm³/mol. The van der Waals surface area contributed by atoms with E-state index in [2.05, 4.69) is 4.98 Å². The maximum Gasteiger partial charge on any atom is 0.224 e. The number of nitrogens with one attached hydrogen (secondary N) is 1. The zero-order valence-electron chi connectivity index (χ0n) is 14.2. The summed E-state index contributed by atoms with van der Waals surface area (Å²) < 4.78 is 6.89. The van der Waals surface area contributed by atoms with Crippen LogP contribution in [0.2, 0.25) is 0 Å². The average Bonchev–Trinajstić information content (AvgIpc) is 3.15. The first-order valence-corrected chi connectivity index (χ1v) is 8.24. The van der Waals surface area contributed by atoms with E-state index in [1.165, 1.54) is 13.2 Å². The Balaban J connectivity index is 1.91. The van der Waals surface area contributed by atoms with Crippen molar-refractivity contribution in [2.24, 2.45) is 0 Å². The van der Waals surface area contributed by atoms with Gasteiger partial charge in [0, 0.05) is 17.8 Å². The fourth-order valence-electron chi connectivity index (χ4n) is 2.85. The number of aromatic nitrogens is 3. The quantitative estimate of drug-likeness (QED) is 0.611. The van der Waals surface area contributed by atoms with Crippen molar-refractivity contribution in [3.63, 3.8) is 0 Å². The lowest BCUT2D eigenvalue weighted by atomic mass is 10.1. The summed E-state index contributed by atoms with van der Waals surface area (Å²) in [5.74, 6) is 0.280. The molecule has 0 saturated heterocycles. The molecule has 0 bridgehead atoms. The van der Waals surface area contributed by atoms with Crippen LogP contribution in [0.3, 0.4) is 0 Å². The molecule has 5 nitrogen and oxygen atoms in total. The Kier molecular flexibility index (Phi) is 4.11. The molecular weight excluding hydrogens is 326 g/mol. The maximum absolute atomic E-state index is 12.2. The molecule has 0 unspecified atom stereocenters. The van der Waals surface area contributed by atoms with Gasteiger partial charge in [-0.15, -0.1) is 0 Å². The SMILES string of the molecule is COc1c[nH]c(-c2cc(-c3ccccc3)nn2-c2ccccc2)cc1=O. The molecule has 26 heavy (non-hydrogen) atoms. The van der Waals surface area contributed by atoms with E-state index in [0.29, 0.717) is 5.69 Å². The van der Waals surface area contributed by atoms with Gasteiger partial charge in [-0.1, -0.05) is 48.5 Å². The van der Waals surface area contributed by atoms with Crippen molar-refractivity contribution in [2.45, 2.75) is 0 Å².